The summed E-state index contributed by atoms with van der Waals surface area (Å²) in [6.45, 7) is 0.855. The third-order valence-electron chi connectivity index (χ3n) is 3.58. The fourth-order valence-corrected chi connectivity index (χ4v) is 2.27. The summed E-state index contributed by atoms with van der Waals surface area (Å²) in [5, 5.41) is 8.88. The quantitative estimate of drug-likeness (QED) is 0.848. The van der Waals surface area contributed by atoms with E-state index in [2.05, 4.69) is 11.9 Å². The van der Waals surface area contributed by atoms with Crippen molar-refractivity contribution in [1.82, 2.24) is 4.90 Å². The number of carbonyl (C=O) groups is 1. The van der Waals surface area contributed by atoms with Crippen molar-refractivity contribution in [3.63, 3.8) is 0 Å². The molecule has 0 saturated heterocycles. The van der Waals surface area contributed by atoms with E-state index in [-0.39, 0.29) is 6.42 Å². The first-order valence-electron chi connectivity index (χ1n) is 6.15. The van der Waals surface area contributed by atoms with Gasteiger partial charge in [-0.25, -0.2) is 0 Å². The zero-order valence-electron chi connectivity index (χ0n) is 10.2. The zero-order chi connectivity index (χ0) is 12.3. The first-order valence-corrected chi connectivity index (χ1v) is 6.15. The van der Waals surface area contributed by atoms with Crippen molar-refractivity contribution in [3.8, 4) is 0 Å². The van der Waals surface area contributed by atoms with Gasteiger partial charge in [-0.05, 0) is 31.0 Å². The van der Waals surface area contributed by atoms with Crippen molar-refractivity contribution >= 4 is 5.97 Å². The van der Waals surface area contributed by atoms with Gasteiger partial charge >= 0.3 is 5.97 Å². The van der Waals surface area contributed by atoms with Crippen molar-refractivity contribution in [1.29, 1.82) is 0 Å². The lowest BCUT2D eigenvalue weighted by Crippen LogP contribution is -2.36. The van der Waals surface area contributed by atoms with Gasteiger partial charge in [0, 0.05) is 12.6 Å². The first kappa shape index (κ1) is 12.1. The van der Waals surface area contributed by atoms with Gasteiger partial charge in [0.1, 0.15) is 0 Å². The fourth-order valence-electron chi connectivity index (χ4n) is 2.27. The number of carboxylic acids is 1. The van der Waals surface area contributed by atoms with Gasteiger partial charge in [0.25, 0.3) is 0 Å². The van der Waals surface area contributed by atoms with Crippen LogP contribution in [0.2, 0.25) is 0 Å². The standard InChI is InChI=1S/C14H19NO2/c1-15(13-7-4-8-13)10-12-6-3-2-5-11(12)9-14(16)17/h2-3,5-6,13H,4,7-10H2,1H3,(H,16,17). The molecule has 0 radical (unpaired) electrons. The Balaban J connectivity index is 2.05. The van der Waals surface area contributed by atoms with Crippen LogP contribution >= 0.6 is 0 Å². The molecule has 0 heterocycles. The molecule has 3 heteroatoms. The minimum Gasteiger partial charge on any atom is -0.481 e. The van der Waals surface area contributed by atoms with Gasteiger partial charge in [0.05, 0.1) is 6.42 Å². The fraction of sp³-hybridized carbons (Fsp3) is 0.500. The second-order valence-electron chi connectivity index (χ2n) is 4.84. The Morgan fingerprint density at radius 2 is 2.00 bits per heavy atom. The third kappa shape index (κ3) is 3.07. The Hall–Kier alpha value is -1.35. The molecule has 1 N–H and O–H groups in total. The third-order valence-corrected chi connectivity index (χ3v) is 3.58. The van der Waals surface area contributed by atoms with E-state index in [9.17, 15) is 4.79 Å². The molecule has 0 bridgehead atoms. The summed E-state index contributed by atoms with van der Waals surface area (Å²) in [4.78, 5) is 13.1. The Labute approximate surface area is 102 Å². The molecule has 1 aromatic rings. The van der Waals surface area contributed by atoms with E-state index in [1.165, 1.54) is 19.3 Å². The molecule has 0 unspecified atom stereocenters. The highest BCUT2D eigenvalue weighted by Crippen LogP contribution is 2.25. The maximum atomic E-state index is 10.8. The predicted molar refractivity (Wildman–Crippen MR) is 66.9 cm³/mol. The maximum Gasteiger partial charge on any atom is 0.307 e. The normalized spacial score (nSPS) is 15.9. The van der Waals surface area contributed by atoms with E-state index in [0.29, 0.717) is 6.04 Å². The van der Waals surface area contributed by atoms with Crippen LogP contribution in [0.1, 0.15) is 30.4 Å². The van der Waals surface area contributed by atoms with Gasteiger partial charge in [-0.3, -0.25) is 9.69 Å². The number of benzene rings is 1. The molecule has 1 aliphatic carbocycles. The first-order chi connectivity index (χ1) is 8.16. The Morgan fingerprint density at radius 3 is 2.53 bits per heavy atom. The molecule has 3 nitrogen and oxygen atoms in total. The van der Waals surface area contributed by atoms with Crippen LogP contribution in [0.4, 0.5) is 0 Å². The number of rotatable bonds is 5. The molecule has 1 aliphatic rings. The Kier molecular flexibility index (Phi) is 3.79. The molecular weight excluding hydrogens is 214 g/mol. The largest absolute Gasteiger partial charge is 0.481 e. The van der Waals surface area contributed by atoms with Crippen LogP contribution in [0.3, 0.4) is 0 Å². The average molecular weight is 233 g/mol. The molecular formula is C14H19NO2. The van der Waals surface area contributed by atoms with E-state index in [1.54, 1.807) is 0 Å². The summed E-state index contributed by atoms with van der Waals surface area (Å²) in [7, 11) is 2.13. The van der Waals surface area contributed by atoms with E-state index in [4.69, 9.17) is 5.11 Å². The number of hydrogen-bond donors (Lipinski definition) is 1. The summed E-state index contributed by atoms with van der Waals surface area (Å²) in [5.74, 6) is -0.760. The summed E-state index contributed by atoms with van der Waals surface area (Å²) in [5.41, 5.74) is 2.08. The molecule has 1 aromatic carbocycles. The SMILES string of the molecule is CN(Cc1ccccc1CC(=O)O)C1CCC1. The van der Waals surface area contributed by atoms with Gasteiger partial charge in [-0.15, -0.1) is 0 Å². The van der Waals surface area contributed by atoms with Crippen molar-refractivity contribution in [2.45, 2.75) is 38.3 Å². The number of carboxylic acid groups (broad SMARTS) is 1. The Bertz CT molecular complexity index is 399. The highest BCUT2D eigenvalue weighted by molar-refractivity contribution is 5.70. The molecule has 1 saturated carbocycles. The lowest BCUT2D eigenvalue weighted by molar-refractivity contribution is -0.136. The molecule has 2 rings (SSSR count). The highest BCUT2D eigenvalue weighted by atomic mass is 16.4. The molecule has 17 heavy (non-hydrogen) atoms. The van der Waals surface area contributed by atoms with Crippen LogP contribution in [-0.2, 0) is 17.8 Å². The second kappa shape index (κ2) is 5.32. The topological polar surface area (TPSA) is 40.5 Å². The van der Waals surface area contributed by atoms with Crippen LogP contribution in [0.15, 0.2) is 24.3 Å². The van der Waals surface area contributed by atoms with E-state index >= 15 is 0 Å². The summed E-state index contributed by atoms with van der Waals surface area (Å²) < 4.78 is 0. The molecule has 0 amide bonds. The maximum absolute atomic E-state index is 10.8. The molecule has 0 aliphatic heterocycles. The van der Waals surface area contributed by atoms with Gasteiger partial charge in [-0.1, -0.05) is 30.7 Å². The van der Waals surface area contributed by atoms with Crippen LogP contribution < -0.4 is 0 Å². The minimum absolute atomic E-state index is 0.120. The lowest BCUT2D eigenvalue weighted by Gasteiger charge is -2.35. The van der Waals surface area contributed by atoms with Gasteiger partial charge in [0.15, 0.2) is 0 Å². The summed E-state index contributed by atoms with van der Waals surface area (Å²) in [6, 6.07) is 8.53. The number of aliphatic carboxylic acids is 1. The van der Waals surface area contributed by atoms with Gasteiger partial charge in [0.2, 0.25) is 0 Å². The van der Waals surface area contributed by atoms with Crippen LogP contribution in [0, 0.1) is 0 Å². The van der Waals surface area contributed by atoms with Crippen molar-refractivity contribution < 1.29 is 9.90 Å². The highest BCUT2D eigenvalue weighted by Gasteiger charge is 2.22. The summed E-state index contributed by atoms with van der Waals surface area (Å²) >= 11 is 0. The average Bonchev–Trinajstić information content (AvgIpc) is 2.17. The predicted octanol–water partition coefficient (Wildman–Crippen LogP) is 2.30. The smallest absolute Gasteiger partial charge is 0.307 e. The molecule has 0 atom stereocenters. The van der Waals surface area contributed by atoms with Crippen molar-refractivity contribution in [2.75, 3.05) is 7.05 Å². The molecule has 92 valence electrons. The lowest BCUT2D eigenvalue weighted by atomic mass is 9.91. The van der Waals surface area contributed by atoms with Crippen LogP contribution in [0.5, 0.6) is 0 Å². The number of hydrogen-bond acceptors (Lipinski definition) is 2. The van der Waals surface area contributed by atoms with Crippen LogP contribution in [0.25, 0.3) is 0 Å². The monoisotopic (exact) mass is 233 g/mol. The minimum atomic E-state index is -0.760. The van der Waals surface area contributed by atoms with Crippen LogP contribution in [-0.4, -0.2) is 29.1 Å². The van der Waals surface area contributed by atoms with E-state index in [1.807, 2.05) is 24.3 Å². The Morgan fingerprint density at radius 1 is 1.35 bits per heavy atom. The van der Waals surface area contributed by atoms with Crippen molar-refractivity contribution in [2.24, 2.45) is 0 Å². The van der Waals surface area contributed by atoms with Gasteiger partial charge in [-0.2, -0.15) is 0 Å². The van der Waals surface area contributed by atoms with Crippen molar-refractivity contribution in [3.05, 3.63) is 35.4 Å². The molecule has 0 spiro atoms. The molecule has 0 aromatic heterocycles. The second-order valence-corrected chi connectivity index (χ2v) is 4.84. The van der Waals surface area contributed by atoms with E-state index < -0.39 is 5.97 Å². The summed E-state index contributed by atoms with van der Waals surface area (Å²) in [6.07, 6.45) is 4.00. The zero-order valence-corrected chi connectivity index (χ0v) is 10.2. The number of nitrogens with zero attached hydrogens (tertiary/aromatic N) is 1. The van der Waals surface area contributed by atoms with Gasteiger partial charge < -0.3 is 5.11 Å². The molecule has 1 fully saturated rings. The van der Waals surface area contributed by atoms with E-state index in [0.717, 1.165) is 17.7 Å².